The molecule has 174 valence electrons. The Morgan fingerprint density at radius 2 is 2.00 bits per heavy atom. The molecule has 2 aliphatic rings. The number of hydrogen-bond donors (Lipinski definition) is 2. The highest BCUT2D eigenvalue weighted by molar-refractivity contribution is 6.20. The average molecular weight is 455 g/mol. The zero-order valence-electron chi connectivity index (χ0n) is 19.8. The molecular formula is C29H30N2O3. The second-order valence-corrected chi connectivity index (χ2v) is 9.56. The van der Waals surface area contributed by atoms with Gasteiger partial charge in [0.2, 0.25) is 0 Å². The number of fused-ring (bicyclic) bond motifs is 10. The second-order valence-electron chi connectivity index (χ2n) is 9.56. The van der Waals surface area contributed by atoms with E-state index in [1.807, 2.05) is 0 Å². The maximum Gasteiger partial charge on any atom is 0.252 e. The van der Waals surface area contributed by atoms with Crippen LogP contribution in [-0.4, -0.2) is 28.3 Å². The van der Waals surface area contributed by atoms with Gasteiger partial charge < -0.3 is 19.7 Å². The van der Waals surface area contributed by atoms with Crippen LogP contribution in [0.15, 0.2) is 42.5 Å². The van der Waals surface area contributed by atoms with Crippen molar-refractivity contribution in [2.75, 3.05) is 6.61 Å². The number of carbonyl (C=O) groups is 1. The highest BCUT2D eigenvalue weighted by Gasteiger charge is 2.35. The van der Waals surface area contributed by atoms with Crippen molar-refractivity contribution in [3.63, 3.8) is 0 Å². The Labute approximate surface area is 199 Å². The van der Waals surface area contributed by atoms with Gasteiger partial charge in [0, 0.05) is 48.0 Å². The van der Waals surface area contributed by atoms with Gasteiger partial charge in [0.05, 0.1) is 23.8 Å². The van der Waals surface area contributed by atoms with Crippen molar-refractivity contribution in [1.29, 1.82) is 0 Å². The van der Waals surface area contributed by atoms with E-state index >= 15 is 0 Å². The number of aliphatic hydroxyl groups is 1. The van der Waals surface area contributed by atoms with Gasteiger partial charge in [0.1, 0.15) is 0 Å². The molecule has 3 aromatic carbocycles. The third-order valence-corrected chi connectivity index (χ3v) is 7.52. The Bertz CT molecular complexity index is 1450. The number of hydrogen-bond acceptors (Lipinski definition) is 3. The third kappa shape index (κ3) is 3.11. The number of benzene rings is 3. The maximum absolute atomic E-state index is 13.1. The molecule has 0 saturated heterocycles. The highest BCUT2D eigenvalue weighted by Crippen LogP contribution is 2.48. The summed E-state index contributed by atoms with van der Waals surface area (Å²) >= 11 is 0. The van der Waals surface area contributed by atoms with Crippen LogP contribution in [0.1, 0.15) is 59.3 Å². The fourth-order valence-electron chi connectivity index (χ4n) is 5.74. The van der Waals surface area contributed by atoms with Crippen molar-refractivity contribution < 1.29 is 14.6 Å². The Morgan fingerprint density at radius 1 is 1.15 bits per heavy atom. The van der Waals surface area contributed by atoms with Crippen LogP contribution in [0.2, 0.25) is 0 Å². The molecule has 0 saturated carbocycles. The fraction of sp³-hybridized carbons (Fsp3) is 0.345. The lowest BCUT2D eigenvalue weighted by Gasteiger charge is -2.13. The van der Waals surface area contributed by atoms with Crippen molar-refractivity contribution in [3.8, 4) is 11.1 Å². The summed E-state index contributed by atoms with van der Waals surface area (Å²) in [6.45, 7) is 6.24. The van der Waals surface area contributed by atoms with Crippen LogP contribution in [0, 0.1) is 0 Å². The van der Waals surface area contributed by atoms with Gasteiger partial charge in [0.25, 0.3) is 5.91 Å². The van der Waals surface area contributed by atoms with E-state index in [4.69, 9.17) is 4.74 Å². The van der Waals surface area contributed by atoms with Crippen LogP contribution in [0.4, 0.5) is 0 Å². The zero-order valence-corrected chi connectivity index (χ0v) is 19.8. The smallest absolute Gasteiger partial charge is 0.252 e. The SMILES string of the molecule is CCC(C)OCc1ccc2c(c1)c1c3c(c4c(c1n2CCCO)Cc1ccccc1-4)C(=O)NC3. The normalized spacial score (nSPS) is 15.0. The van der Waals surface area contributed by atoms with E-state index < -0.39 is 0 Å². The molecule has 2 heterocycles. The molecule has 0 radical (unpaired) electrons. The molecule has 4 aromatic rings. The minimum Gasteiger partial charge on any atom is -0.396 e. The van der Waals surface area contributed by atoms with Gasteiger partial charge in [-0.15, -0.1) is 0 Å². The molecule has 1 aliphatic carbocycles. The van der Waals surface area contributed by atoms with Crippen LogP contribution in [0.25, 0.3) is 32.9 Å². The van der Waals surface area contributed by atoms with Crippen LogP contribution >= 0.6 is 0 Å². The fourth-order valence-corrected chi connectivity index (χ4v) is 5.74. The van der Waals surface area contributed by atoms with Gasteiger partial charge in [-0.2, -0.15) is 0 Å². The van der Waals surface area contributed by atoms with Crippen molar-refractivity contribution in [2.24, 2.45) is 0 Å². The summed E-state index contributed by atoms with van der Waals surface area (Å²) in [4.78, 5) is 13.1. The molecule has 1 atom stereocenters. The van der Waals surface area contributed by atoms with Gasteiger partial charge in [-0.3, -0.25) is 4.79 Å². The van der Waals surface area contributed by atoms with E-state index in [0.717, 1.165) is 47.2 Å². The zero-order chi connectivity index (χ0) is 23.4. The molecule has 0 spiro atoms. The van der Waals surface area contributed by atoms with Crippen molar-refractivity contribution in [2.45, 2.75) is 58.9 Å². The molecule has 1 aliphatic heterocycles. The minimum atomic E-state index is 0.0253. The van der Waals surface area contributed by atoms with Crippen molar-refractivity contribution in [1.82, 2.24) is 9.88 Å². The topological polar surface area (TPSA) is 63.5 Å². The predicted molar refractivity (Wildman–Crippen MR) is 135 cm³/mol. The molecule has 1 aromatic heterocycles. The Balaban J connectivity index is 1.66. The Kier molecular flexibility index (Phi) is 5.19. The van der Waals surface area contributed by atoms with Gasteiger partial charge >= 0.3 is 0 Å². The first-order chi connectivity index (χ1) is 16.6. The summed E-state index contributed by atoms with van der Waals surface area (Å²) in [6, 6.07) is 15.0. The van der Waals surface area contributed by atoms with E-state index in [1.54, 1.807) is 0 Å². The molecule has 6 rings (SSSR count). The summed E-state index contributed by atoms with van der Waals surface area (Å²) in [7, 11) is 0. The first kappa shape index (κ1) is 21.4. The summed E-state index contributed by atoms with van der Waals surface area (Å²) in [5, 5.41) is 15.1. The molecule has 5 heteroatoms. The van der Waals surface area contributed by atoms with E-state index in [2.05, 4.69) is 66.2 Å². The van der Waals surface area contributed by atoms with Crippen molar-refractivity contribution >= 4 is 27.7 Å². The lowest BCUT2D eigenvalue weighted by atomic mass is 9.92. The number of aliphatic hydroxyl groups excluding tert-OH is 1. The molecule has 1 unspecified atom stereocenters. The van der Waals surface area contributed by atoms with Crippen LogP contribution in [0.3, 0.4) is 0 Å². The number of ether oxygens (including phenoxy) is 1. The van der Waals surface area contributed by atoms with Crippen LogP contribution in [0.5, 0.6) is 0 Å². The van der Waals surface area contributed by atoms with Gasteiger partial charge in [-0.25, -0.2) is 0 Å². The molecule has 34 heavy (non-hydrogen) atoms. The van der Waals surface area contributed by atoms with E-state index in [0.29, 0.717) is 19.6 Å². The third-order valence-electron chi connectivity index (χ3n) is 7.52. The predicted octanol–water partition coefficient (Wildman–Crippen LogP) is 5.31. The number of aryl methyl sites for hydroxylation is 1. The maximum atomic E-state index is 13.1. The number of rotatable bonds is 7. The summed E-state index contributed by atoms with van der Waals surface area (Å²) in [6.07, 6.45) is 2.71. The molecule has 1 amide bonds. The molecule has 5 nitrogen and oxygen atoms in total. The second kappa shape index (κ2) is 8.26. The number of nitrogens with zero attached hydrogens (tertiary/aromatic N) is 1. The molecule has 0 bridgehead atoms. The van der Waals surface area contributed by atoms with E-state index in [-0.39, 0.29) is 18.6 Å². The van der Waals surface area contributed by atoms with E-state index in [9.17, 15) is 9.90 Å². The molecule has 2 N–H and O–H groups in total. The largest absolute Gasteiger partial charge is 0.396 e. The summed E-state index contributed by atoms with van der Waals surface area (Å²) in [5.41, 5.74) is 10.2. The summed E-state index contributed by atoms with van der Waals surface area (Å²) < 4.78 is 8.40. The summed E-state index contributed by atoms with van der Waals surface area (Å²) in [5.74, 6) is 0.0253. The highest BCUT2D eigenvalue weighted by atomic mass is 16.5. The Morgan fingerprint density at radius 3 is 2.82 bits per heavy atom. The first-order valence-electron chi connectivity index (χ1n) is 12.3. The van der Waals surface area contributed by atoms with Crippen LogP contribution < -0.4 is 5.32 Å². The van der Waals surface area contributed by atoms with Crippen molar-refractivity contribution in [3.05, 3.63) is 70.3 Å². The number of nitrogens with one attached hydrogen (secondary N) is 1. The van der Waals surface area contributed by atoms with Gasteiger partial charge in [-0.05, 0) is 59.7 Å². The monoisotopic (exact) mass is 454 g/mol. The van der Waals surface area contributed by atoms with Crippen LogP contribution in [-0.2, 0) is 30.9 Å². The number of carbonyl (C=O) groups excluding carboxylic acids is 1. The Hall–Kier alpha value is -3.15. The number of aromatic nitrogens is 1. The minimum absolute atomic E-state index is 0.0253. The lowest BCUT2D eigenvalue weighted by molar-refractivity contribution is 0.0509. The first-order valence-corrected chi connectivity index (χ1v) is 12.3. The van der Waals surface area contributed by atoms with E-state index in [1.165, 1.54) is 33.0 Å². The molecule has 0 fully saturated rings. The number of amides is 1. The standard InChI is InChI=1S/C29H30N2O3/c1-3-17(2)34-16-18-9-10-24-21(13-18)26-23-15-30-29(33)27(23)25-20-8-5-4-7-19(20)14-22(25)28(26)31(24)11-6-12-32/h4-5,7-10,13,17,32H,3,6,11-12,14-16H2,1-2H3,(H,30,33). The average Bonchev–Trinajstić information content (AvgIpc) is 3.52. The molecular weight excluding hydrogens is 424 g/mol. The quantitative estimate of drug-likeness (QED) is 0.350. The lowest BCUT2D eigenvalue weighted by Crippen LogP contribution is -2.13. The van der Waals surface area contributed by atoms with Gasteiger partial charge in [-0.1, -0.05) is 37.3 Å². The van der Waals surface area contributed by atoms with Gasteiger partial charge in [0.15, 0.2) is 0 Å².